The normalized spacial score (nSPS) is 11.1. The number of fused-ring (bicyclic) bond motifs is 1. The molecular formula is C19H20N2O3S. The summed E-state index contributed by atoms with van der Waals surface area (Å²) in [5.41, 5.74) is 1.98. The lowest BCUT2D eigenvalue weighted by molar-refractivity contribution is -0.137. The summed E-state index contributed by atoms with van der Waals surface area (Å²) in [6, 6.07) is 9.87. The van der Waals surface area contributed by atoms with Gasteiger partial charge in [0.2, 0.25) is 0 Å². The Morgan fingerprint density at radius 2 is 1.96 bits per heavy atom. The second-order valence-electron chi connectivity index (χ2n) is 6.11. The maximum Gasteiger partial charge on any atom is 0.303 e. The van der Waals surface area contributed by atoms with Crippen molar-refractivity contribution in [2.24, 2.45) is 0 Å². The minimum Gasteiger partial charge on any atom is -0.481 e. The van der Waals surface area contributed by atoms with Gasteiger partial charge < -0.3 is 5.11 Å². The lowest BCUT2D eigenvalue weighted by atomic mass is 10.1. The topological polar surface area (TPSA) is 72.2 Å². The van der Waals surface area contributed by atoms with E-state index in [9.17, 15) is 9.59 Å². The Labute approximate surface area is 149 Å². The fraction of sp³-hybridized carbons (Fsp3) is 0.316. The molecule has 1 N–H and O–H groups in total. The SMILES string of the molecule is Cc1sc2nc(Cc3ccccc3)n(CCCC(=O)O)c(=O)c2c1C. The van der Waals surface area contributed by atoms with Crippen LogP contribution in [0, 0.1) is 13.8 Å². The standard InChI is InChI=1S/C19H20N2O3S/c1-12-13(2)25-18-17(12)19(24)21(10-6-9-16(22)23)15(20-18)11-14-7-4-3-5-8-14/h3-5,7-8H,6,9-11H2,1-2H3,(H,22,23). The number of carboxylic acid groups (broad SMARTS) is 1. The summed E-state index contributed by atoms with van der Waals surface area (Å²) < 4.78 is 1.65. The van der Waals surface area contributed by atoms with E-state index in [0.29, 0.717) is 30.6 Å². The van der Waals surface area contributed by atoms with Crippen molar-refractivity contribution in [3.8, 4) is 0 Å². The minimum atomic E-state index is -0.853. The van der Waals surface area contributed by atoms with Crippen LogP contribution in [0.3, 0.4) is 0 Å². The molecule has 0 aliphatic carbocycles. The highest BCUT2D eigenvalue weighted by Gasteiger charge is 2.16. The number of aryl methyl sites for hydroxylation is 2. The van der Waals surface area contributed by atoms with Crippen LogP contribution in [0.5, 0.6) is 0 Å². The van der Waals surface area contributed by atoms with Crippen molar-refractivity contribution in [3.63, 3.8) is 0 Å². The maximum absolute atomic E-state index is 13.0. The van der Waals surface area contributed by atoms with Crippen molar-refractivity contribution >= 4 is 27.5 Å². The van der Waals surface area contributed by atoms with Gasteiger partial charge in [-0.05, 0) is 31.4 Å². The van der Waals surface area contributed by atoms with Gasteiger partial charge in [-0.1, -0.05) is 30.3 Å². The second kappa shape index (κ2) is 7.19. The van der Waals surface area contributed by atoms with Gasteiger partial charge in [0.15, 0.2) is 0 Å². The molecular weight excluding hydrogens is 336 g/mol. The first-order chi connectivity index (χ1) is 12.0. The molecule has 0 spiro atoms. The molecule has 130 valence electrons. The molecule has 2 heterocycles. The van der Waals surface area contributed by atoms with E-state index in [1.54, 1.807) is 4.57 Å². The van der Waals surface area contributed by atoms with Gasteiger partial charge in [-0.15, -0.1) is 11.3 Å². The van der Waals surface area contributed by atoms with Crippen LogP contribution >= 0.6 is 11.3 Å². The first-order valence-electron chi connectivity index (χ1n) is 8.22. The molecule has 25 heavy (non-hydrogen) atoms. The first kappa shape index (κ1) is 17.4. The van der Waals surface area contributed by atoms with Crippen LogP contribution in [0.4, 0.5) is 0 Å². The number of nitrogens with zero attached hydrogens (tertiary/aromatic N) is 2. The zero-order valence-corrected chi connectivity index (χ0v) is 15.1. The van der Waals surface area contributed by atoms with E-state index in [1.807, 2.05) is 44.2 Å². The van der Waals surface area contributed by atoms with Crippen molar-refractivity contribution < 1.29 is 9.90 Å². The van der Waals surface area contributed by atoms with Crippen molar-refractivity contribution in [2.75, 3.05) is 0 Å². The van der Waals surface area contributed by atoms with E-state index in [1.165, 1.54) is 11.3 Å². The number of hydrogen-bond donors (Lipinski definition) is 1. The number of carboxylic acids is 1. The lowest BCUT2D eigenvalue weighted by Gasteiger charge is -2.12. The molecule has 5 nitrogen and oxygen atoms in total. The smallest absolute Gasteiger partial charge is 0.303 e. The van der Waals surface area contributed by atoms with Gasteiger partial charge in [0, 0.05) is 24.3 Å². The van der Waals surface area contributed by atoms with Crippen molar-refractivity contribution in [1.29, 1.82) is 0 Å². The van der Waals surface area contributed by atoms with E-state index in [-0.39, 0.29) is 12.0 Å². The predicted molar refractivity (Wildman–Crippen MR) is 99.5 cm³/mol. The van der Waals surface area contributed by atoms with Gasteiger partial charge in [-0.2, -0.15) is 0 Å². The highest BCUT2D eigenvalue weighted by molar-refractivity contribution is 7.18. The number of rotatable bonds is 6. The Hall–Kier alpha value is -2.47. The molecule has 0 aliphatic rings. The number of aromatic nitrogens is 2. The van der Waals surface area contributed by atoms with Gasteiger partial charge in [0.25, 0.3) is 5.56 Å². The zero-order valence-electron chi connectivity index (χ0n) is 14.3. The number of aliphatic carboxylic acids is 1. The molecule has 6 heteroatoms. The Kier molecular flexibility index (Phi) is 4.99. The van der Waals surface area contributed by atoms with Crippen LogP contribution in [-0.4, -0.2) is 20.6 Å². The molecule has 3 aromatic rings. The van der Waals surface area contributed by atoms with Gasteiger partial charge in [0.05, 0.1) is 5.39 Å². The van der Waals surface area contributed by atoms with Crippen LogP contribution in [-0.2, 0) is 17.8 Å². The number of benzene rings is 1. The molecule has 0 aliphatic heterocycles. The highest BCUT2D eigenvalue weighted by atomic mass is 32.1. The molecule has 1 aromatic carbocycles. The largest absolute Gasteiger partial charge is 0.481 e. The van der Waals surface area contributed by atoms with E-state index in [0.717, 1.165) is 20.8 Å². The van der Waals surface area contributed by atoms with Crippen LogP contribution in [0.25, 0.3) is 10.2 Å². The van der Waals surface area contributed by atoms with Gasteiger partial charge in [-0.3, -0.25) is 14.2 Å². The Bertz CT molecular complexity index is 974. The first-order valence-corrected chi connectivity index (χ1v) is 9.04. The third-order valence-electron chi connectivity index (χ3n) is 4.35. The van der Waals surface area contributed by atoms with Crippen molar-refractivity contribution in [3.05, 3.63) is 62.5 Å². The fourth-order valence-electron chi connectivity index (χ4n) is 2.90. The fourth-order valence-corrected chi connectivity index (χ4v) is 3.94. The maximum atomic E-state index is 13.0. The Balaban J connectivity index is 2.08. The molecule has 0 fully saturated rings. The van der Waals surface area contributed by atoms with Crippen LogP contribution < -0.4 is 5.56 Å². The number of hydrogen-bond acceptors (Lipinski definition) is 4. The molecule has 0 saturated carbocycles. The summed E-state index contributed by atoms with van der Waals surface area (Å²) in [7, 11) is 0. The lowest BCUT2D eigenvalue weighted by Crippen LogP contribution is -2.26. The molecule has 2 aromatic heterocycles. The van der Waals surface area contributed by atoms with Gasteiger partial charge in [0.1, 0.15) is 10.7 Å². The van der Waals surface area contributed by atoms with Crippen molar-refractivity contribution in [1.82, 2.24) is 9.55 Å². The van der Waals surface area contributed by atoms with Crippen LogP contribution in [0.15, 0.2) is 35.1 Å². The van der Waals surface area contributed by atoms with E-state index < -0.39 is 5.97 Å². The van der Waals surface area contributed by atoms with E-state index >= 15 is 0 Å². The minimum absolute atomic E-state index is 0.0386. The van der Waals surface area contributed by atoms with Gasteiger partial charge >= 0.3 is 5.97 Å². The third-order valence-corrected chi connectivity index (χ3v) is 5.45. The summed E-state index contributed by atoms with van der Waals surface area (Å²) in [6.45, 7) is 4.30. The molecule has 0 radical (unpaired) electrons. The molecule has 0 saturated heterocycles. The Morgan fingerprint density at radius 1 is 1.24 bits per heavy atom. The third kappa shape index (κ3) is 3.64. The summed E-state index contributed by atoms with van der Waals surface area (Å²) in [5.74, 6) is -0.162. The van der Waals surface area contributed by atoms with E-state index in [4.69, 9.17) is 10.1 Å². The van der Waals surface area contributed by atoms with Crippen LogP contribution in [0.2, 0.25) is 0 Å². The van der Waals surface area contributed by atoms with E-state index in [2.05, 4.69) is 0 Å². The summed E-state index contributed by atoms with van der Waals surface area (Å²) in [6.07, 6.45) is 0.998. The monoisotopic (exact) mass is 356 g/mol. The molecule has 3 rings (SSSR count). The number of carbonyl (C=O) groups is 1. The predicted octanol–water partition coefficient (Wildman–Crippen LogP) is 3.53. The second-order valence-corrected chi connectivity index (χ2v) is 7.31. The van der Waals surface area contributed by atoms with Crippen molar-refractivity contribution in [2.45, 2.75) is 39.7 Å². The Morgan fingerprint density at radius 3 is 2.64 bits per heavy atom. The highest BCUT2D eigenvalue weighted by Crippen LogP contribution is 2.26. The summed E-state index contributed by atoms with van der Waals surface area (Å²) in [5, 5.41) is 9.54. The summed E-state index contributed by atoms with van der Waals surface area (Å²) >= 11 is 1.54. The average Bonchev–Trinajstić information content (AvgIpc) is 2.85. The van der Waals surface area contributed by atoms with Gasteiger partial charge in [-0.25, -0.2) is 4.98 Å². The molecule has 0 unspecified atom stereocenters. The zero-order chi connectivity index (χ0) is 18.0. The number of thiophene rings is 1. The van der Waals surface area contributed by atoms with Crippen LogP contribution in [0.1, 0.15) is 34.7 Å². The average molecular weight is 356 g/mol. The molecule has 0 amide bonds. The molecule has 0 bridgehead atoms. The molecule has 0 atom stereocenters. The quantitative estimate of drug-likeness (QED) is 0.733. The summed E-state index contributed by atoms with van der Waals surface area (Å²) in [4.78, 5) is 30.5.